The average molecular weight is 285 g/mol. The number of hydrogen-bond donors (Lipinski definition) is 4. The molecule has 1 rings (SSSR count). The Morgan fingerprint density at radius 3 is 2.21 bits per heavy atom. The van der Waals surface area contributed by atoms with Crippen LogP contribution in [-0.4, -0.2) is 36.8 Å². The van der Waals surface area contributed by atoms with E-state index in [1.807, 2.05) is 0 Å². The minimum absolute atomic E-state index is 0. The molecule has 0 atom stereocenters. The van der Waals surface area contributed by atoms with Gasteiger partial charge in [-0.3, -0.25) is 4.79 Å². The number of benzene rings is 1. The smallest absolute Gasteiger partial charge is 0.304 e. The zero-order valence-corrected chi connectivity index (χ0v) is 11.5. The van der Waals surface area contributed by atoms with Crippen LogP contribution in [0.3, 0.4) is 0 Å². The van der Waals surface area contributed by atoms with Gasteiger partial charge in [0.05, 0.1) is 5.69 Å². The molecule has 0 heterocycles. The van der Waals surface area contributed by atoms with E-state index in [2.05, 4.69) is 4.99 Å². The van der Waals surface area contributed by atoms with Crippen LogP contribution in [0.15, 0.2) is 29.3 Å². The summed E-state index contributed by atoms with van der Waals surface area (Å²) in [6.07, 6.45) is 0. The molecule has 104 valence electrons. The van der Waals surface area contributed by atoms with Crippen LogP contribution in [0.1, 0.15) is 10.4 Å². The van der Waals surface area contributed by atoms with E-state index in [0.29, 0.717) is 11.3 Å². The normalized spacial score (nSPS) is 10.5. The molecule has 0 aliphatic carbocycles. The lowest BCUT2D eigenvalue weighted by Crippen LogP contribution is -3.00. The molecule has 1 aromatic carbocycles. The van der Waals surface area contributed by atoms with Crippen LogP contribution in [-0.2, 0) is 0 Å². The molecule has 8 heteroatoms. The Balaban J connectivity index is 0.00000324. The SMILES string of the molecule is CN(C)C(=O)c1ccc(N=C(N)[NH2+]C(=N)N)cc1.[Cl-]. The van der Waals surface area contributed by atoms with Crippen molar-refractivity contribution >= 4 is 23.5 Å². The summed E-state index contributed by atoms with van der Waals surface area (Å²) >= 11 is 0. The number of aliphatic imine (C=N–C) groups is 1. The molecule has 1 aromatic rings. The summed E-state index contributed by atoms with van der Waals surface area (Å²) in [5, 5.41) is 8.29. The third kappa shape index (κ3) is 5.36. The van der Waals surface area contributed by atoms with Gasteiger partial charge >= 0.3 is 5.96 Å². The van der Waals surface area contributed by atoms with Gasteiger partial charge in [0.25, 0.3) is 11.9 Å². The van der Waals surface area contributed by atoms with Crippen LogP contribution in [0.2, 0.25) is 0 Å². The van der Waals surface area contributed by atoms with Gasteiger partial charge in [0.1, 0.15) is 0 Å². The Labute approximate surface area is 117 Å². The van der Waals surface area contributed by atoms with E-state index in [1.165, 1.54) is 10.2 Å². The molecule has 19 heavy (non-hydrogen) atoms. The fourth-order valence-corrected chi connectivity index (χ4v) is 1.28. The minimum atomic E-state index is -0.157. The maximum absolute atomic E-state index is 11.6. The Bertz CT molecular complexity index is 482. The fraction of sp³-hybridized carbons (Fsp3) is 0.182. The van der Waals surface area contributed by atoms with Gasteiger partial charge in [0, 0.05) is 19.7 Å². The summed E-state index contributed by atoms with van der Waals surface area (Å²) in [6.45, 7) is 0. The second kappa shape index (κ2) is 7.34. The van der Waals surface area contributed by atoms with Gasteiger partial charge in [0.2, 0.25) is 0 Å². The van der Waals surface area contributed by atoms with Crippen LogP contribution in [0.5, 0.6) is 0 Å². The highest BCUT2D eigenvalue weighted by Gasteiger charge is 2.07. The first-order chi connectivity index (χ1) is 8.40. The lowest BCUT2D eigenvalue weighted by Gasteiger charge is -2.09. The van der Waals surface area contributed by atoms with E-state index in [0.717, 1.165) is 0 Å². The highest BCUT2D eigenvalue weighted by atomic mass is 35.5. The maximum atomic E-state index is 11.6. The van der Waals surface area contributed by atoms with E-state index < -0.39 is 0 Å². The van der Waals surface area contributed by atoms with Gasteiger partial charge in [-0.2, -0.15) is 4.99 Å². The molecule has 0 fully saturated rings. The van der Waals surface area contributed by atoms with E-state index in [-0.39, 0.29) is 30.2 Å². The number of nitrogens with one attached hydrogen (secondary N) is 1. The zero-order valence-electron chi connectivity index (χ0n) is 10.7. The van der Waals surface area contributed by atoms with E-state index in [4.69, 9.17) is 16.9 Å². The Morgan fingerprint density at radius 2 is 1.79 bits per heavy atom. The summed E-state index contributed by atoms with van der Waals surface area (Å²) in [5.74, 6) is -0.0846. The van der Waals surface area contributed by atoms with Gasteiger partial charge in [0.15, 0.2) is 0 Å². The first kappa shape index (κ1) is 16.9. The molecule has 0 radical (unpaired) electrons. The monoisotopic (exact) mass is 284 g/mol. The van der Waals surface area contributed by atoms with E-state index in [1.54, 1.807) is 38.4 Å². The first-order valence-electron chi connectivity index (χ1n) is 5.25. The number of quaternary nitrogens is 1. The topological polar surface area (TPSA) is 125 Å². The molecule has 7 N–H and O–H groups in total. The van der Waals surface area contributed by atoms with Crippen molar-refractivity contribution in [3.05, 3.63) is 29.8 Å². The molecular weight excluding hydrogens is 268 g/mol. The van der Waals surface area contributed by atoms with Gasteiger partial charge in [-0.1, -0.05) is 0 Å². The van der Waals surface area contributed by atoms with Crippen LogP contribution in [0.25, 0.3) is 0 Å². The van der Waals surface area contributed by atoms with Gasteiger partial charge < -0.3 is 28.8 Å². The quantitative estimate of drug-likeness (QED) is 0.325. The van der Waals surface area contributed by atoms with Crippen molar-refractivity contribution in [2.45, 2.75) is 0 Å². The Hall–Kier alpha value is -2.12. The van der Waals surface area contributed by atoms with Crippen LogP contribution in [0, 0.1) is 5.41 Å². The van der Waals surface area contributed by atoms with Crippen molar-refractivity contribution in [2.24, 2.45) is 16.5 Å². The van der Waals surface area contributed by atoms with Gasteiger partial charge in [-0.15, -0.1) is 0 Å². The predicted molar refractivity (Wildman–Crippen MR) is 69.6 cm³/mol. The largest absolute Gasteiger partial charge is 1.00 e. The van der Waals surface area contributed by atoms with Crippen LogP contribution in [0.4, 0.5) is 5.69 Å². The molecule has 1 amide bonds. The highest BCUT2D eigenvalue weighted by Crippen LogP contribution is 2.13. The summed E-state index contributed by atoms with van der Waals surface area (Å²) in [7, 11) is 3.38. The average Bonchev–Trinajstić information content (AvgIpc) is 2.27. The summed E-state index contributed by atoms with van der Waals surface area (Å²) in [5.41, 5.74) is 11.9. The number of halogens is 1. The number of nitrogens with two attached hydrogens (primary N) is 3. The summed E-state index contributed by atoms with van der Waals surface area (Å²) in [4.78, 5) is 17.2. The molecule has 0 unspecified atom stereocenters. The molecule has 0 aliphatic rings. The standard InChI is InChI=1S/C11H16N6O.ClH/c1-17(2)9(18)7-3-5-8(6-4-7)15-11(14)16-10(12)13;/h3-6H,1-2H3,(H6,12,13,14,15,16);1H. The molecule has 0 spiro atoms. The molecule has 0 aliphatic heterocycles. The fourth-order valence-electron chi connectivity index (χ4n) is 1.28. The van der Waals surface area contributed by atoms with Crippen molar-refractivity contribution in [2.75, 3.05) is 14.1 Å². The second-order valence-electron chi connectivity index (χ2n) is 3.88. The maximum Gasteiger partial charge on any atom is 0.304 e. The first-order valence-corrected chi connectivity index (χ1v) is 5.25. The van der Waals surface area contributed by atoms with Crippen molar-refractivity contribution in [3.63, 3.8) is 0 Å². The number of guanidine groups is 2. The minimum Gasteiger partial charge on any atom is -1.00 e. The van der Waals surface area contributed by atoms with E-state index >= 15 is 0 Å². The molecule has 0 bridgehead atoms. The van der Waals surface area contributed by atoms with Crippen LogP contribution >= 0.6 is 0 Å². The van der Waals surface area contributed by atoms with Crippen LogP contribution < -0.4 is 29.2 Å². The van der Waals surface area contributed by atoms with Gasteiger partial charge in [-0.05, 0) is 24.3 Å². The number of carbonyl (C=O) groups is 1. The third-order valence-electron chi connectivity index (χ3n) is 2.08. The van der Waals surface area contributed by atoms with E-state index in [9.17, 15) is 4.79 Å². The van der Waals surface area contributed by atoms with Crippen molar-refractivity contribution in [3.8, 4) is 0 Å². The molecule has 0 saturated heterocycles. The number of rotatable bonds is 2. The van der Waals surface area contributed by atoms with Gasteiger partial charge in [-0.25, -0.2) is 10.7 Å². The molecule has 0 saturated carbocycles. The lowest BCUT2D eigenvalue weighted by molar-refractivity contribution is -0.413. The highest BCUT2D eigenvalue weighted by molar-refractivity contribution is 5.94. The molecular formula is C11H17ClN6O. The Kier molecular flexibility index (Phi) is 6.53. The summed E-state index contributed by atoms with van der Waals surface area (Å²) < 4.78 is 0. The number of hydrogen-bond acceptors (Lipinski definition) is 3. The molecule has 0 aromatic heterocycles. The zero-order chi connectivity index (χ0) is 13.7. The van der Waals surface area contributed by atoms with Crippen molar-refractivity contribution < 1.29 is 22.5 Å². The lowest BCUT2D eigenvalue weighted by atomic mass is 10.2. The number of carbonyl (C=O) groups excluding carboxylic acids is 1. The Morgan fingerprint density at radius 1 is 1.26 bits per heavy atom. The second-order valence-corrected chi connectivity index (χ2v) is 3.88. The molecule has 7 nitrogen and oxygen atoms in total. The number of nitrogens with zero attached hydrogens (tertiary/aromatic N) is 2. The van der Waals surface area contributed by atoms with Crippen molar-refractivity contribution in [1.82, 2.24) is 4.90 Å². The predicted octanol–water partition coefficient (Wildman–Crippen LogP) is -4.20. The summed E-state index contributed by atoms with van der Waals surface area (Å²) in [6, 6.07) is 6.69. The number of amides is 1. The third-order valence-corrected chi connectivity index (χ3v) is 2.08. The van der Waals surface area contributed by atoms with Crippen molar-refractivity contribution in [1.29, 1.82) is 5.41 Å².